The molecule has 0 fully saturated rings. The molecule has 0 bridgehead atoms. The van der Waals surface area contributed by atoms with Gasteiger partial charge in [0.15, 0.2) is 11.9 Å². The van der Waals surface area contributed by atoms with Crippen molar-refractivity contribution in [1.29, 1.82) is 0 Å². The van der Waals surface area contributed by atoms with Crippen molar-refractivity contribution in [1.82, 2.24) is 0 Å². The summed E-state index contributed by atoms with van der Waals surface area (Å²) in [5.41, 5.74) is 0.180. The molecule has 7 nitrogen and oxygen atoms in total. The lowest BCUT2D eigenvalue weighted by Gasteiger charge is -2.29. The number of carbonyl (C=O) groups is 3. The number of quaternary nitrogens is 1. The minimum atomic E-state index is -1.33. The van der Waals surface area contributed by atoms with Gasteiger partial charge in [-0.15, -0.1) is 0 Å². The number of unbranched alkanes of at least 4 members (excludes halogenated alkanes) is 4. The Morgan fingerprint density at radius 3 is 2.34 bits per heavy atom. The first-order chi connectivity index (χ1) is 13.5. The number of ether oxygens (including phenoxy) is 1. The number of likely N-dealkylation sites (N-methyl/N-ethyl adjacent to an activating group) is 1. The number of esters is 1. The number of Topliss-reactive ketones (excluding diaryl/α,β-unsaturated/α-hetero) is 1. The summed E-state index contributed by atoms with van der Waals surface area (Å²) in [5.74, 6) is -2.60. The number of carbonyl (C=O) groups excluding carboxylic acids is 3. The summed E-state index contributed by atoms with van der Waals surface area (Å²) in [5, 5.41) is 21.0. The van der Waals surface area contributed by atoms with E-state index in [1.807, 2.05) is 21.1 Å². The second-order valence-corrected chi connectivity index (χ2v) is 8.40. The molecule has 1 N–H and O–H groups in total. The quantitative estimate of drug-likeness (QED) is 0.233. The Morgan fingerprint density at radius 2 is 1.76 bits per heavy atom. The van der Waals surface area contributed by atoms with Crippen LogP contribution in [0.5, 0.6) is 5.75 Å². The van der Waals surface area contributed by atoms with E-state index in [2.05, 4.69) is 6.92 Å². The van der Waals surface area contributed by atoms with E-state index in [1.54, 1.807) is 0 Å². The van der Waals surface area contributed by atoms with Crippen molar-refractivity contribution < 1.29 is 33.8 Å². The molecule has 0 aliphatic rings. The number of hydrogen-bond acceptors (Lipinski definition) is 6. The fourth-order valence-electron chi connectivity index (χ4n) is 3.06. The summed E-state index contributed by atoms with van der Waals surface area (Å²) in [4.78, 5) is 35.9. The van der Waals surface area contributed by atoms with Crippen LogP contribution in [0, 0.1) is 0 Å². The van der Waals surface area contributed by atoms with E-state index < -0.39 is 24.5 Å². The third kappa shape index (κ3) is 9.56. The maximum absolute atomic E-state index is 12.5. The van der Waals surface area contributed by atoms with Crippen molar-refractivity contribution in [3.8, 4) is 5.75 Å². The van der Waals surface area contributed by atoms with E-state index >= 15 is 0 Å². The maximum Gasteiger partial charge on any atom is 0.342 e. The van der Waals surface area contributed by atoms with Gasteiger partial charge < -0.3 is 24.2 Å². The molecule has 1 rings (SSSR count). The predicted molar refractivity (Wildman–Crippen MR) is 108 cm³/mol. The standard InChI is InChI=1S/C22H33NO6/c1-5-6-7-8-9-10-19(24)16-11-12-20(25)18(13-16)22(28)29-17(14-21(26)27)15-23(2,3)4/h11-13,17H,5-10,14-15H2,1-4H3,(H-,24,25,26,27,28)/t17-/m1/s1. The Balaban J connectivity index is 2.85. The summed E-state index contributed by atoms with van der Waals surface area (Å²) in [6.45, 7) is 2.39. The fourth-order valence-corrected chi connectivity index (χ4v) is 3.06. The van der Waals surface area contributed by atoms with Crippen LogP contribution in [0.4, 0.5) is 0 Å². The van der Waals surface area contributed by atoms with E-state index in [-0.39, 0.29) is 23.6 Å². The number of ketones is 1. The molecule has 7 heteroatoms. The molecule has 1 aromatic rings. The Morgan fingerprint density at radius 1 is 1.10 bits per heavy atom. The topological polar surface area (TPSA) is 104 Å². The van der Waals surface area contributed by atoms with Crippen LogP contribution in [-0.2, 0) is 9.53 Å². The predicted octanol–water partition coefficient (Wildman–Crippen LogP) is 2.31. The highest BCUT2D eigenvalue weighted by Crippen LogP contribution is 2.22. The normalized spacial score (nSPS) is 12.4. The van der Waals surface area contributed by atoms with Crippen LogP contribution in [0.3, 0.4) is 0 Å². The molecule has 0 amide bonds. The van der Waals surface area contributed by atoms with Crippen LogP contribution in [0.25, 0.3) is 0 Å². The molecule has 1 atom stereocenters. The molecule has 1 aromatic carbocycles. The third-order valence-electron chi connectivity index (χ3n) is 4.47. The highest BCUT2D eigenvalue weighted by Gasteiger charge is 2.25. The van der Waals surface area contributed by atoms with Gasteiger partial charge in [0.05, 0.1) is 21.1 Å². The zero-order valence-corrected chi connectivity index (χ0v) is 17.9. The molecule has 0 aliphatic heterocycles. The molecule has 0 unspecified atom stereocenters. The van der Waals surface area contributed by atoms with Crippen molar-refractivity contribution in [3.63, 3.8) is 0 Å². The number of carboxylic acid groups (broad SMARTS) is 1. The average Bonchev–Trinajstić information content (AvgIpc) is 2.59. The van der Waals surface area contributed by atoms with E-state index in [0.29, 0.717) is 16.5 Å². The van der Waals surface area contributed by atoms with E-state index in [4.69, 9.17) is 4.74 Å². The van der Waals surface area contributed by atoms with Crippen molar-refractivity contribution in [2.45, 2.75) is 58.0 Å². The van der Waals surface area contributed by atoms with Crippen LogP contribution in [0.15, 0.2) is 18.2 Å². The first-order valence-corrected chi connectivity index (χ1v) is 10.1. The number of hydrogen-bond donors (Lipinski definition) is 1. The van der Waals surface area contributed by atoms with Gasteiger partial charge in [-0.05, 0) is 24.6 Å². The first-order valence-electron chi connectivity index (χ1n) is 10.1. The van der Waals surface area contributed by atoms with Gasteiger partial charge in [-0.3, -0.25) is 4.79 Å². The maximum atomic E-state index is 12.5. The van der Waals surface area contributed by atoms with Gasteiger partial charge >= 0.3 is 5.97 Å². The van der Waals surface area contributed by atoms with Gasteiger partial charge in [0, 0.05) is 24.4 Å². The van der Waals surface area contributed by atoms with Crippen LogP contribution in [-0.4, -0.2) is 61.1 Å². The summed E-state index contributed by atoms with van der Waals surface area (Å²) < 4.78 is 5.70. The number of carboxylic acids is 1. The zero-order valence-electron chi connectivity index (χ0n) is 17.9. The molecule has 162 valence electrons. The van der Waals surface area contributed by atoms with Gasteiger partial charge in [0.2, 0.25) is 0 Å². The Hall–Kier alpha value is -2.41. The second kappa shape index (κ2) is 11.6. The molecule has 0 aliphatic carbocycles. The Labute approximate surface area is 172 Å². The van der Waals surface area contributed by atoms with Gasteiger partial charge in [0.25, 0.3) is 0 Å². The molecular weight excluding hydrogens is 374 g/mol. The van der Waals surface area contributed by atoms with E-state index in [0.717, 1.165) is 32.1 Å². The van der Waals surface area contributed by atoms with E-state index in [1.165, 1.54) is 18.2 Å². The van der Waals surface area contributed by atoms with Crippen molar-refractivity contribution in [2.75, 3.05) is 27.7 Å². The largest absolute Gasteiger partial charge is 0.550 e. The smallest absolute Gasteiger partial charge is 0.342 e. The number of aliphatic carboxylic acids is 1. The average molecular weight is 408 g/mol. The Kier molecular flexibility index (Phi) is 9.81. The molecule has 0 radical (unpaired) electrons. The molecule has 0 aromatic heterocycles. The number of nitrogens with zero attached hydrogens (tertiary/aromatic N) is 1. The van der Waals surface area contributed by atoms with E-state index in [9.17, 15) is 24.6 Å². The molecular formula is C22H33NO6. The van der Waals surface area contributed by atoms with Crippen LogP contribution in [0.2, 0.25) is 0 Å². The monoisotopic (exact) mass is 407 g/mol. The van der Waals surface area contributed by atoms with Crippen molar-refractivity contribution in [3.05, 3.63) is 29.3 Å². The third-order valence-corrected chi connectivity index (χ3v) is 4.47. The molecule has 0 saturated carbocycles. The number of aromatic hydroxyl groups is 1. The minimum Gasteiger partial charge on any atom is -0.550 e. The van der Waals surface area contributed by atoms with Crippen LogP contribution < -0.4 is 5.11 Å². The number of benzene rings is 1. The molecule has 29 heavy (non-hydrogen) atoms. The summed E-state index contributed by atoms with van der Waals surface area (Å²) in [6, 6.07) is 4.08. The van der Waals surface area contributed by atoms with Crippen LogP contribution in [0.1, 0.15) is 72.6 Å². The lowest BCUT2D eigenvalue weighted by atomic mass is 10.0. The lowest BCUT2D eigenvalue weighted by Crippen LogP contribution is -2.45. The summed E-state index contributed by atoms with van der Waals surface area (Å²) in [7, 11) is 5.52. The number of phenolic OH excluding ortho intramolecular Hbond substituents is 1. The number of phenols is 1. The van der Waals surface area contributed by atoms with Gasteiger partial charge in [-0.1, -0.05) is 32.6 Å². The molecule has 0 heterocycles. The van der Waals surface area contributed by atoms with Crippen molar-refractivity contribution in [2.24, 2.45) is 0 Å². The second-order valence-electron chi connectivity index (χ2n) is 8.40. The summed E-state index contributed by atoms with van der Waals surface area (Å²) in [6.07, 6.45) is 4.12. The lowest BCUT2D eigenvalue weighted by molar-refractivity contribution is -0.873. The van der Waals surface area contributed by atoms with Gasteiger partial charge in [-0.25, -0.2) is 4.79 Å². The Bertz CT molecular complexity index is 708. The highest BCUT2D eigenvalue weighted by atomic mass is 16.5. The zero-order chi connectivity index (χ0) is 22.0. The molecule has 0 spiro atoms. The van der Waals surface area contributed by atoms with Gasteiger partial charge in [0.1, 0.15) is 17.9 Å². The summed E-state index contributed by atoms with van der Waals surface area (Å²) >= 11 is 0. The minimum absolute atomic E-state index is 0.104. The van der Waals surface area contributed by atoms with Crippen LogP contribution >= 0.6 is 0 Å². The first kappa shape index (κ1) is 24.6. The van der Waals surface area contributed by atoms with Crippen molar-refractivity contribution >= 4 is 17.7 Å². The SMILES string of the molecule is CCCCCCCC(=O)c1ccc(O)c(C(=O)O[C@H](CC(=O)[O-])C[N+](C)(C)C)c1. The fraction of sp³-hybridized carbons (Fsp3) is 0.591. The number of rotatable bonds is 13. The highest BCUT2D eigenvalue weighted by molar-refractivity contribution is 6.00. The molecule has 0 saturated heterocycles. The van der Waals surface area contributed by atoms with Gasteiger partial charge in [-0.2, -0.15) is 0 Å².